The molecule has 0 heterocycles. The zero-order valence-corrected chi connectivity index (χ0v) is 11.4. The summed E-state index contributed by atoms with van der Waals surface area (Å²) in [6.45, 7) is 4.19. The summed E-state index contributed by atoms with van der Waals surface area (Å²) in [5.74, 6) is 0. The third-order valence-corrected chi connectivity index (χ3v) is 2.32. The lowest BCUT2D eigenvalue weighted by Gasteiger charge is -2.07. The van der Waals surface area contributed by atoms with E-state index in [1.54, 1.807) is 6.92 Å². The van der Waals surface area contributed by atoms with Crippen LogP contribution in [-0.2, 0) is 9.47 Å². The van der Waals surface area contributed by atoms with Gasteiger partial charge < -0.3 is 9.47 Å². The van der Waals surface area contributed by atoms with Crippen molar-refractivity contribution in [3.05, 3.63) is 0 Å². The van der Waals surface area contributed by atoms with Crippen LogP contribution < -0.4 is 0 Å². The van der Waals surface area contributed by atoms with E-state index < -0.39 is 12.4 Å². The minimum absolute atomic E-state index is 0.402. The van der Waals surface area contributed by atoms with E-state index >= 15 is 0 Å². The second-order valence-corrected chi connectivity index (χ2v) is 3.99. The van der Waals surface area contributed by atoms with Crippen molar-refractivity contribution in [1.82, 2.24) is 0 Å². The molecule has 0 fully saturated rings. The van der Waals surface area contributed by atoms with Gasteiger partial charge in [0, 0.05) is 0 Å². The first-order valence-corrected chi connectivity index (χ1v) is 6.52. The van der Waals surface area contributed by atoms with Gasteiger partial charge in [0.15, 0.2) is 0 Å². The van der Waals surface area contributed by atoms with E-state index in [-0.39, 0.29) is 0 Å². The smallest absolute Gasteiger partial charge is 0.434 e. The quantitative estimate of drug-likeness (QED) is 0.272. The van der Waals surface area contributed by atoms with Gasteiger partial charge in [-0.3, -0.25) is 0 Å². The van der Waals surface area contributed by atoms with Gasteiger partial charge >= 0.3 is 6.16 Å². The molecule has 0 aromatic carbocycles. The van der Waals surface area contributed by atoms with Crippen LogP contribution in [0.3, 0.4) is 0 Å². The molecule has 4 nitrogen and oxygen atoms in total. The number of hydrogen-bond donors (Lipinski definition) is 0. The molecule has 1 unspecified atom stereocenters. The predicted octanol–water partition coefficient (Wildman–Crippen LogP) is 3.95. The van der Waals surface area contributed by atoms with E-state index in [9.17, 15) is 4.79 Å². The summed E-state index contributed by atoms with van der Waals surface area (Å²) in [7, 11) is 0. The predicted molar refractivity (Wildman–Crippen MR) is 70.3 cm³/mol. The summed E-state index contributed by atoms with van der Waals surface area (Å²) < 4.78 is 9.66. The Morgan fingerprint density at radius 2 is 1.94 bits per heavy atom. The Balaban J connectivity index is 3.36. The van der Waals surface area contributed by atoms with Crippen molar-refractivity contribution in [2.24, 2.45) is 4.99 Å². The number of aliphatic imine (C=N–C) groups is 1. The Hall–Kier alpha value is -0.930. The number of carbonyl (C=O) groups is 1. The lowest BCUT2D eigenvalue weighted by atomic mass is 10.1. The van der Waals surface area contributed by atoms with E-state index in [0.29, 0.717) is 6.61 Å². The highest BCUT2D eigenvalue weighted by Crippen LogP contribution is 2.05. The Kier molecular flexibility index (Phi) is 10.9. The van der Waals surface area contributed by atoms with E-state index in [0.717, 1.165) is 12.8 Å². The first kappa shape index (κ1) is 16.1. The van der Waals surface area contributed by atoms with Crippen molar-refractivity contribution < 1.29 is 14.3 Å². The van der Waals surface area contributed by atoms with Gasteiger partial charge in [0.2, 0.25) is 6.23 Å². The SMILES string of the molecule is CCCCCCCCOC(=O)OC(C)N=C=S. The van der Waals surface area contributed by atoms with Crippen LogP contribution in [0.5, 0.6) is 0 Å². The van der Waals surface area contributed by atoms with Crippen molar-refractivity contribution in [3.63, 3.8) is 0 Å². The van der Waals surface area contributed by atoms with Gasteiger partial charge in [0.25, 0.3) is 0 Å². The van der Waals surface area contributed by atoms with Crippen LogP contribution in [0.2, 0.25) is 0 Å². The van der Waals surface area contributed by atoms with Crippen LogP contribution in [0.15, 0.2) is 4.99 Å². The molecule has 0 bridgehead atoms. The summed E-state index contributed by atoms with van der Waals surface area (Å²) in [5, 5.41) is 2.14. The Bertz CT molecular complexity index is 252. The molecule has 5 heteroatoms. The molecular weight excluding hydrogens is 238 g/mol. The molecule has 17 heavy (non-hydrogen) atoms. The van der Waals surface area contributed by atoms with Crippen LogP contribution in [0.4, 0.5) is 4.79 Å². The first-order chi connectivity index (χ1) is 8.20. The van der Waals surface area contributed by atoms with Crippen molar-refractivity contribution in [2.75, 3.05) is 6.61 Å². The fourth-order valence-electron chi connectivity index (χ4n) is 1.31. The van der Waals surface area contributed by atoms with E-state index in [4.69, 9.17) is 9.47 Å². The molecule has 0 N–H and O–H groups in total. The Morgan fingerprint density at radius 3 is 2.59 bits per heavy atom. The van der Waals surface area contributed by atoms with E-state index in [1.165, 1.54) is 25.7 Å². The zero-order chi connectivity index (χ0) is 12.9. The van der Waals surface area contributed by atoms with Gasteiger partial charge in [-0.1, -0.05) is 39.0 Å². The average Bonchev–Trinajstić information content (AvgIpc) is 2.28. The van der Waals surface area contributed by atoms with Gasteiger partial charge in [-0.25, -0.2) is 4.79 Å². The molecule has 0 aliphatic carbocycles. The van der Waals surface area contributed by atoms with Crippen molar-refractivity contribution in [1.29, 1.82) is 0 Å². The lowest BCUT2D eigenvalue weighted by Crippen LogP contribution is -2.14. The number of isothiocyanates is 1. The van der Waals surface area contributed by atoms with Crippen LogP contribution in [-0.4, -0.2) is 24.2 Å². The monoisotopic (exact) mass is 259 g/mol. The number of nitrogens with zero attached hydrogens (tertiary/aromatic N) is 1. The normalized spacial score (nSPS) is 11.4. The second kappa shape index (κ2) is 11.6. The van der Waals surface area contributed by atoms with Gasteiger partial charge in [-0.05, 0) is 25.6 Å². The summed E-state index contributed by atoms with van der Waals surface area (Å²) in [4.78, 5) is 14.7. The molecule has 0 radical (unpaired) electrons. The third-order valence-electron chi connectivity index (χ3n) is 2.22. The minimum Gasteiger partial charge on any atom is -0.434 e. The molecular formula is C12H21NO3S. The van der Waals surface area contributed by atoms with Crippen LogP contribution in [0.25, 0.3) is 0 Å². The molecule has 1 atom stereocenters. The molecule has 0 aliphatic rings. The van der Waals surface area contributed by atoms with Gasteiger partial charge in [0.05, 0.1) is 11.8 Å². The number of hydrogen-bond acceptors (Lipinski definition) is 5. The standard InChI is InChI=1S/C12H21NO3S/c1-3-4-5-6-7-8-9-15-12(14)16-11(2)13-10-17/h11H,3-9H2,1-2H3. The van der Waals surface area contributed by atoms with Crippen molar-refractivity contribution in [3.8, 4) is 0 Å². The summed E-state index contributed by atoms with van der Waals surface area (Å²) >= 11 is 4.39. The van der Waals surface area contributed by atoms with Gasteiger partial charge in [-0.15, -0.1) is 0 Å². The topological polar surface area (TPSA) is 47.9 Å². The molecule has 0 aromatic rings. The highest BCUT2D eigenvalue weighted by molar-refractivity contribution is 7.78. The average molecular weight is 259 g/mol. The van der Waals surface area contributed by atoms with Crippen LogP contribution in [0, 0.1) is 0 Å². The lowest BCUT2D eigenvalue weighted by molar-refractivity contribution is 0.0312. The first-order valence-electron chi connectivity index (χ1n) is 6.11. The second-order valence-electron chi connectivity index (χ2n) is 3.80. The van der Waals surface area contributed by atoms with Crippen LogP contribution >= 0.6 is 12.2 Å². The highest BCUT2D eigenvalue weighted by Gasteiger charge is 2.07. The summed E-state index contributed by atoms with van der Waals surface area (Å²) in [5.41, 5.74) is 0. The molecule has 0 aliphatic heterocycles. The van der Waals surface area contributed by atoms with Crippen molar-refractivity contribution in [2.45, 2.75) is 58.6 Å². The molecule has 0 aromatic heterocycles. The number of rotatable bonds is 9. The number of carbonyl (C=O) groups excluding carboxylic acids is 1. The zero-order valence-electron chi connectivity index (χ0n) is 10.6. The van der Waals surface area contributed by atoms with E-state index in [2.05, 4.69) is 29.3 Å². The number of ether oxygens (including phenoxy) is 2. The number of thiocarbonyl (C=S) groups is 1. The highest BCUT2D eigenvalue weighted by atomic mass is 32.1. The maximum atomic E-state index is 11.1. The van der Waals surface area contributed by atoms with Crippen LogP contribution in [0.1, 0.15) is 52.4 Å². The minimum atomic E-state index is -0.694. The number of unbranched alkanes of at least 4 members (excludes halogenated alkanes) is 5. The maximum Gasteiger partial charge on any atom is 0.510 e. The maximum absolute atomic E-state index is 11.1. The van der Waals surface area contributed by atoms with Gasteiger partial charge in [0.1, 0.15) is 0 Å². The molecule has 0 spiro atoms. The summed E-state index contributed by atoms with van der Waals surface area (Å²) in [6.07, 6.45) is 5.60. The largest absolute Gasteiger partial charge is 0.510 e. The Labute approximate surface area is 108 Å². The van der Waals surface area contributed by atoms with Crippen molar-refractivity contribution >= 4 is 23.5 Å². The molecule has 98 valence electrons. The van der Waals surface area contributed by atoms with Gasteiger partial charge in [-0.2, -0.15) is 4.99 Å². The summed E-state index contributed by atoms with van der Waals surface area (Å²) in [6, 6.07) is 0. The molecule has 0 saturated heterocycles. The third kappa shape index (κ3) is 11.3. The molecule has 0 amide bonds. The molecule has 0 saturated carbocycles. The Morgan fingerprint density at radius 1 is 1.29 bits per heavy atom. The van der Waals surface area contributed by atoms with E-state index in [1.807, 2.05) is 0 Å². The fourth-order valence-corrected chi connectivity index (χ4v) is 1.46. The molecule has 0 rings (SSSR count). The fraction of sp³-hybridized carbons (Fsp3) is 0.833.